The number of halogens is 1. The van der Waals surface area contributed by atoms with Crippen LogP contribution in [-0.2, 0) is 14.9 Å². The lowest BCUT2D eigenvalue weighted by atomic mass is 9.92. The van der Waals surface area contributed by atoms with Gasteiger partial charge in [0, 0.05) is 6.20 Å². The van der Waals surface area contributed by atoms with Crippen LogP contribution >= 0.6 is 15.9 Å². The number of hydrogen-bond acceptors (Lipinski definition) is 6. The van der Waals surface area contributed by atoms with Gasteiger partial charge in [0.15, 0.2) is 5.82 Å². The van der Waals surface area contributed by atoms with Gasteiger partial charge >= 0.3 is 5.97 Å². The highest BCUT2D eigenvalue weighted by molar-refractivity contribution is 9.10. The molecule has 18 heavy (non-hydrogen) atoms. The Labute approximate surface area is 113 Å². The number of aromatic nitrogens is 2. The van der Waals surface area contributed by atoms with Crippen molar-refractivity contribution in [3.8, 4) is 11.9 Å². The summed E-state index contributed by atoms with van der Waals surface area (Å²) in [5.41, 5.74) is -1.55. The van der Waals surface area contributed by atoms with Gasteiger partial charge in [-0.05, 0) is 29.8 Å². The minimum atomic E-state index is -1.55. The largest absolute Gasteiger partial charge is 0.480 e. The van der Waals surface area contributed by atoms with E-state index in [0.29, 0.717) is 4.47 Å². The average Bonchev–Trinajstić information content (AvgIpc) is 2.38. The van der Waals surface area contributed by atoms with Crippen LogP contribution in [0.5, 0.6) is 5.88 Å². The van der Waals surface area contributed by atoms with Gasteiger partial charge in [-0.1, -0.05) is 0 Å². The van der Waals surface area contributed by atoms with Gasteiger partial charge in [0.1, 0.15) is 0 Å². The van der Waals surface area contributed by atoms with Gasteiger partial charge in [-0.3, -0.25) is 0 Å². The Kier molecular flexibility index (Phi) is 4.62. The molecule has 0 aliphatic heterocycles. The molecule has 6 nitrogen and oxygen atoms in total. The molecule has 7 heteroatoms. The molecule has 0 fully saturated rings. The molecule has 1 unspecified atom stereocenters. The highest BCUT2D eigenvalue weighted by atomic mass is 79.9. The van der Waals surface area contributed by atoms with E-state index in [1.165, 1.54) is 20.2 Å². The molecule has 96 valence electrons. The van der Waals surface area contributed by atoms with Crippen molar-refractivity contribution in [2.75, 3.05) is 13.7 Å². The minimum Gasteiger partial charge on any atom is -0.480 e. The number of nitriles is 1. The fraction of sp³-hybridized carbons (Fsp3) is 0.455. The van der Waals surface area contributed by atoms with Crippen molar-refractivity contribution in [2.45, 2.75) is 19.3 Å². The van der Waals surface area contributed by atoms with E-state index >= 15 is 0 Å². The first-order valence-electron chi connectivity index (χ1n) is 5.15. The fourth-order valence-electron chi connectivity index (χ4n) is 1.20. The van der Waals surface area contributed by atoms with Crippen LogP contribution in [0, 0.1) is 11.3 Å². The van der Waals surface area contributed by atoms with Crippen molar-refractivity contribution in [3.05, 3.63) is 16.5 Å². The Hall–Kier alpha value is -1.68. The predicted octanol–water partition coefficient (Wildman–Crippen LogP) is 1.59. The maximum atomic E-state index is 11.8. The van der Waals surface area contributed by atoms with Crippen LogP contribution in [-0.4, -0.2) is 29.7 Å². The van der Waals surface area contributed by atoms with E-state index in [2.05, 4.69) is 25.9 Å². The standard InChI is InChI=1S/C11H12BrN3O3/c1-4-18-10(16)11(2,6-13)9-14-5-7(12)8(15-9)17-3/h5H,4H2,1-3H3. The number of rotatable bonds is 4. The molecular weight excluding hydrogens is 302 g/mol. The normalized spacial score (nSPS) is 13.3. The smallest absolute Gasteiger partial charge is 0.334 e. The molecule has 0 aliphatic carbocycles. The third kappa shape index (κ3) is 2.59. The monoisotopic (exact) mass is 313 g/mol. The number of carbonyl (C=O) groups excluding carboxylic acids is 1. The zero-order valence-corrected chi connectivity index (χ0v) is 11.8. The lowest BCUT2D eigenvalue weighted by molar-refractivity contribution is -0.147. The second kappa shape index (κ2) is 5.78. The van der Waals surface area contributed by atoms with Gasteiger partial charge in [-0.2, -0.15) is 10.2 Å². The summed E-state index contributed by atoms with van der Waals surface area (Å²) in [6.07, 6.45) is 1.43. The van der Waals surface area contributed by atoms with Gasteiger partial charge in [-0.25, -0.2) is 9.78 Å². The Morgan fingerprint density at radius 3 is 2.83 bits per heavy atom. The van der Waals surface area contributed by atoms with Crippen molar-refractivity contribution < 1.29 is 14.3 Å². The summed E-state index contributed by atoms with van der Waals surface area (Å²) < 4.78 is 10.4. The third-order valence-corrected chi connectivity index (χ3v) is 2.80. The van der Waals surface area contributed by atoms with Crippen molar-refractivity contribution in [1.82, 2.24) is 9.97 Å². The molecule has 1 aromatic heterocycles. The average molecular weight is 314 g/mol. The maximum absolute atomic E-state index is 11.8. The molecule has 0 radical (unpaired) electrons. The Balaban J connectivity index is 3.25. The summed E-state index contributed by atoms with van der Waals surface area (Å²) >= 11 is 3.20. The van der Waals surface area contributed by atoms with Gasteiger partial charge in [0.25, 0.3) is 0 Å². The maximum Gasteiger partial charge on any atom is 0.334 e. The number of ether oxygens (including phenoxy) is 2. The van der Waals surface area contributed by atoms with Crippen molar-refractivity contribution >= 4 is 21.9 Å². The number of methoxy groups -OCH3 is 1. The lowest BCUT2D eigenvalue weighted by Crippen LogP contribution is -2.35. The molecular formula is C11H12BrN3O3. The first-order chi connectivity index (χ1) is 8.49. The van der Waals surface area contributed by atoms with Crippen LogP contribution in [0.15, 0.2) is 10.7 Å². The van der Waals surface area contributed by atoms with Gasteiger partial charge in [-0.15, -0.1) is 0 Å². The molecule has 0 saturated carbocycles. The Morgan fingerprint density at radius 1 is 1.67 bits per heavy atom. The molecule has 0 saturated heterocycles. The minimum absolute atomic E-state index is 0.0449. The van der Waals surface area contributed by atoms with Crippen LogP contribution in [0.25, 0.3) is 0 Å². The zero-order valence-electron chi connectivity index (χ0n) is 10.2. The predicted molar refractivity (Wildman–Crippen MR) is 65.9 cm³/mol. The molecule has 1 heterocycles. The van der Waals surface area contributed by atoms with Crippen LogP contribution in [0.1, 0.15) is 19.7 Å². The first kappa shape index (κ1) is 14.4. The van der Waals surface area contributed by atoms with E-state index in [1.54, 1.807) is 6.92 Å². The summed E-state index contributed by atoms with van der Waals surface area (Å²) in [6.45, 7) is 3.26. The van der Waals surface area contributed by atoms with E-state index in [-0.39, 0.29) is 18.3 Å². The van der Waals surface area contributed by atoms with Crippen molar-refractivity contribution in [3.63, 3.8) is 0 Å². The van der Waals surface area contributed by atoms with E-state index in [4.69, 9.17) is 9.47 Å². The summed E-state index contributed by atoms with van der Waals surface area (Å²) in [5, 5.41) is 9.19. The third-order valence-electron chi connectivity index (χ3n) is 2.26. The highest BCUT2D eigenvalue weighted by Gasteiger charge is 2.40. The molecule has 0 N–H and O–H groups in total. The SMILES string of the molecule is CCOC(=O)C(C)(C#N)c1ncc(Br)c(OC)n1. The zero-order chi connectivity index (χ0) is 13.8. The van der Waals surface area contributed by atoms with E-state index < -0.39 is 11.4 Å². The molecule has 0 amide bonds. The van der Waals surface area contributed by atoms with E-state index in [0.717, 1.165) is 0 Å². The lowest BCUT2D eigenvalue weighted by Gasteiger charge is -2.18. The molecule has 0 spiro atoms. The van der Waals surface area contributed by atoms with Crippen molar-refractivity contribution in [2.24, 2.45) is 0 Å². The molecule has 1 aromatic rings. The van der Waals surface area contributed by atoms with Crippen LogP contribution in [0.4, 0.5) is 0 Å². The molecule has 0 aromatic carbocycles. The quantitative estimate of drug-likeness (QED) is 0.785. The van der Waals surface area contributed by atoms with Gasteiger partial charge in [0.2, 0.25) is 11.3 Å². The summed E-state index contributed by atoms with van der Waals surface area (Å²) in [7, 11) is 1.44. The van der Waals surface area contributed by atoms with E-state index in [1.807, 2.05) is 6.07 Å². The number of esters is 1. The Morgan fingerprint density at radius 2 is 2.33 bits per heavy atom. The van der Waals surface area contributed by atoms with E-state index in [9.17, 15) is 10.1 Å². The molecule has 1 atom stereocenters. The van der Waals surface area contributed by atoms with Gasteiger partial charge in [0.05, 0.1) is 24.3 Å². The Bertz CT molecular complexity index is 501. The molecule has 0 aliphatic rings. The summed E-state index contributed by atoms with van der Waals surface area (Å²) in [6, 6.07) is 1.88. The second-order valence-corrected chi connectivity index (χ2v) is 4.36. The van der Waals surface area contributed by atoms with Crippen LogP contribution in [0.2, 0.25) is 0 Å². The van der Waals surface area contributed by atoms with Crippen LogP contribution in [0.3, 0.4) is 0 Å². The molecule has 0 bridgehead atoms. The topological polar surface area (TPSA) is 85.1 Å². The first-order valence-corrected chi connectivity index (χ1v) is 5.94. The molecule has 1 rings (SSSR count). The summed E-state index contributed by atoms with van der Waals surface area (Å²) in [5.74, 6) is -0.383. The number of carbonyl (C=O) groups is 1. The fourth-order valence-corrected chi connectivity index (χ4v) is 1.55. The van der Waals surface area contributed by atoms with Crippen LogP contribution < -0.4 is 4.74 Å². The highest BCUT2D eigenvalue weighted by Crippen LogP contribution is 2.27. The van der Waals surface area contributed by atoms with Gasteiger partial charge < -0.3 is 9.47 Å². The summed E-state index contributed by atoms with van der Waals surface area (Å²) in [4.78, 5) is 19.8. The number of nitrogens with zero attached hydrogens (tertiary/aromatic N) is 3. The van der Waals surface area contributed by atoms with Crippen molar-refractivity contribution in [1.29, 1.82) is 5.26 Å². The number of hydrogen-bond donors (Lipinski definition) is 0. The second-order valence-electron chi connectivity index (χ2n) is 3.51.